The van der Waals surface area contributed by atoms with Gasteiger partial charge in [0.1, 0.15) is 0 Å². The Morgan fingerprint density at radius 3 is 1.13 bits per heavy atom. The third-order valence-corrected chi connectivity index (χ3v) is 14.9. The number of hydrogen-bond acceptors (Lipinski definition) is 0. The first-order valence-corrected chi connectivity index (χ1v) is 22.5. The Morgan fingerprint density at radius 2 is 0.710 bits per heavy atom. The molecule has 0 N–H and O–H groups in total. The van der Waals surface area contributed by atoms with Crippen molar-refractivity contribution >= 4 is 122 Å². The number of aromatic nitrogens is 2. The molecular formula is C58H42B2N2. The minimum atomic E-state index is 0.0904. The fourth-order valence-corrected chi connectivity index (χ4v) is 12.8. The minimum Gasteiger partial charge on any atom is -0.310 e. The molecule has 2 aliphatic rings. The van der Waals surface area contributed by atoms with E-state index in [4.69, 9.17) is 0 Å². The number of hydrogen-bond donors (Lipinski definition) is 0. The Bertz CT molecular complexity index is 3620. The lowest BCUT2D eigenvalue weighted by molar-refractivity contribution is 0.880. The molecule has 0 saturated heterocycles. The summed E-state index contributed by atoms with van der Waals surface area (Å²) in [6.07, 6.45) is 0. The zero-order valence-electron chi connectivity index (χ0n) is 35.4. The summed E-state index contributed by atoms with van der Waals surface area (Å²) in [4.78, 5) is 0. The third kappa shape index (κ3) is 4.18. The fraction of sp³-hybridized carbons (Fsp3) is 0.103. The van der Waals surface area contributed by atoms with Crippen LogP contribution >= 0.6 is 0 Å². The van der Waals surface area contributed by atoms with Gasteiger partial charge < -0.3 is 9.13 Å². The van der Waals surface area contributed by atoms with E-state index in [1.54, 1.807) is 0 Å². The molecule has 2 aliphatic heterocycles. The second kappa shape index (κ2) is 12.3. The first-order chi connectivity index (χ1) is 30.5. The van der Waals surface area contributed by atoms with E-state index in [9.17, 15) is 0 Å². The molecule has 0 aliphatic carbocycles. The van der Waals surface area contributed by atoms with Crippen molar-refractivity contribution in [2.45, 2.75) is 39.5 Å². The van der Waals surface area contributed by atoms with Gasteiger partial charge in [0, 0.05) is 54.7 Å². The summed E-state index contributed by atoms with van der Waals surface area (Å²) in [7, 11) is 0. The monoisotopic (exact) mass is 788 g/mol. The van der Waals surface area contributed by atoms with Crippen molar-refractivity contribution in [2.24, 2.45) is 0 Å². The second-order valence-corrected chi connectivity index (χ2v) is 18.6. The maximum Gasteiger partial charge on any atom is 0.247 e. The summed E-state index contributed by atoms with van der Waals surface area (Å²) in [6, 6.07) is 64.9. The summed E-state index contributed by atoms with van der Waals surface area (Å²) in [5, 5.41) is 13.5. The molecule has 0 atom stereocenters. The molecule has 4 heteroatoms. The SMILES string of the molecule is CC(C)c1c2c(c3ccc4c(C(C)C)c5c(c6ccc1c3c46)-n1c3ccccc3c3cccc(c31)B5c1ccccc1)-n1c3ccccc3c3cccc(c31)B2c1ccccc1. The number of para-hydroxylation sites is 4. The van der Waals surface area contributed by atoms with Gasteiger partial charge in [-0.3, -0.25) is 0 Å². The molecule has 4 heterocycles. The maximum atomic E-state index is 2.66. The van der Waals surface area contributed by atoms with Crippen molar-refractivity contribution in [3.63, 3.8) is 0 Å². The Labute approximate surface area is 361 Å². The van der Waals surface area contributed by atoms with E-state index in [0.717, 1.165) is 0 Å². The van der Waals surface area contributed by atoms with Crippen molar-refractivity contribution in [2.75, 3.05) is 0 Å². The van der Waals surface area contributed by atoms with E-state index >= 15 is 0 Å². The van der Waals surface area contributed by atoms with Gasteiger partial charge in [-0.05, 0) is 78.5 Å². The smallest absolute Gasteiger partial charge is 0.247 e. The number of fused-ring (bicyclic) bond motifs is 12. The van der Waals surface area contributed by atoms with Crippen molar-refractivity contribution in [3.05, 3.63) is 181 Å². The molecule has 14 rings (SSSR count). The molecule has 0 amide bonds. The zero-order valence-corrected chi connectivity index (χ0v) is 35.4. The van der Waals surface area contributed by atoms with Gasteiger partial charge in [-0.25, -0.2) is 0 Å². The van der Waals surface area contributed by atoms with Gasteiger partial charge >= 0.3 is 0 Å². The highest BCUT2D eigenvalue weighted by Crippen LogP contribution is 2.48. The van der Waals surface area contributed by atoms with Gasteiger partial charge in [0.25, 0.3) is 0 Å². The summed E-state index contributed by atoms with van der Waals surface area (Å²) in [6.45, 7) is 9.86. The summed E-state index contributed by atoms with van der Waals surface area (Å²) < 4.78 is 5.33. The van der Waals surface area contributed by atoms with Crippen LogP contribution in [0.4, 0.5) is 0 Å². The van der Waals surface area contributed by atoms with Crippen LogP contribution in [0.15, 0.2) is 170 Å². The first kappa shape index (κ1) is 34.7. The predicted octanol–water partition coefficient (Wildman–Crippen LogP) is 10.7. The van der Waals surface area contributed by atoms with Gasteiger partial charge in [-0.2, -0.15) is 0 Å². The topological polar surface area (TPSA) is 9.86 Å². The van der Waals surface area contributed by atoms with E-state index in [-0.39, 0.29) is 25.3 Å². The normalized spacial score (nSPS) is 13.4. The van der Waals surface area contributed by atoms with Gasteiger partial charge in [-0.1, -0.05) is 196 Å². The van der Waals surface area contributed by atoms with Gasteiger partial charge in [0.2, 0.25) is 13.4 Å². The quantitative estimate of drug-likeness (QED) is 0.124. The van der Waals surface area contributed by atoms with Crippen LogP contribution in [-0.2, 0) is 0 Å². The average molecular weight is 789 g/mol. The molecule has 0 radical (unpaired) electrons. The molecule has 0 spiro atoms. The Hall–Kier alpha value is -7.03. The molecular weight excluding hydrogens is 746 g/mol. The third-order valence-electron chi connectivity index (χ3n) is 14.9. The van der Waals surface area contributed by atoms with Crippen LogP contribution in [-0.4, -0.2) is 22.6 Å². The van der Waals surface area contributed by atoms with Gasteiger partial charge in [-0.15, -0.1) is 0 Å². The largest absolute Gasteiger partial charge is 0.310 e. The van der Waals surface area contributed by atoms with E-state index in [1.165, 1.54) is 131 Å². The van der Waals surface area contributed by atoms with Gasteiger partial charge in [0.15, 0.2) is 0 Å². The minimum absolute atomic E-state index is 0.0904. The van der Waals surface area contributed by atoms with Crippen molar-refractivity contribution in [3.8, 4) is 11.4 Å². The summed E-state index contributed by atoms with van der Waals surface area (Å²) >= 11 is 0. The van der Waals surface area contributed by atoms with E-state index in [2.05, 4.69) is 207 Å². The molecule has 2 nitrogen and oxygen atoms in total. The zero-order chi connectivity index (χ0) is 41.1. The van der Waals surface area contributed by atoms with E-state index < -0.39 is 0 Å². The van der Waals surface area contributed by atoms with Crippen LogP contribution < -0.4 is 32.8 Å². The van der Waals surface area contributed by atoms with Crippen LogP contribution in [0.3, 0.4) is 0 Å². The summed E-state index contributed by atoms with van der Waals surface area (Å²) in [5.74, 6) is 0.561. The lowest BCUT2D eigenvalue weighted by Gasteiger charge is -2.35. The highest BCUT2D eigenvalue weighted by molar-refractivity contribution is 6.99. The van der Waals surface area contributed by atoms with Crippen LogP contribution in [0, 0.1) is 0 Å². The highest BCUT2D eigenvalue weighted by Gasteiger charge is 2.41. The van der Waals surface area contributed by atoms with Crippen molar-refractivity contribution in [1.29, 1.82) is 0 Å². The highest BCUT2D eigenvalue weighted by atomic mass is 15.0. The Balaban J connectivity index is 1.24. The lowest BCUT2D eigenvalue weighted by atomic mass is 9.34. The Kier molecular flexibility index (Phi) is 6.87. The number of nitrogens with zero attached hydrogens (tertiary/aromatic N) is 2. The predicted molar refractivity (Wildman–Crippen MR) is 269 cm³/mol. The molecule has 290 valence electrons. The van der Waals surface area contributed by atoms with E-state index in [0.29, 0.717) is 0 Å². The second-order valence-electron chi connectivity index (χ2n) is 18.6. The molecule has 0 fully saturated rings. The number of rotatable bonds is 4. The van der Waals surface area contributed by atoms with Crippen molar-refractivity contribution < 1.29 is 0 Å². The maximum absolute atomic E-state index is 2.66. The van der Waals surface area contributed by atoms with Crippen LogP contribution in [0.5, 0.6) is 0 Å². The van der Waals surface area contributed by atoms with Crippen LogP contribution in [0.25, 0.3) is 87.3 Å². The Morgan fingerprint density at radius 1 is 0.339 bits per heavy atom. The average Bonchev–Trinajstić information content (AvgIpc) is 3.83. The van der Waals surface area contributed by atoms with E-state index in [1.807, 2.05) is 0 Å². The molecule has 12 aromatic rings. The van der Waals surface area contributed by atoms with Gasteiger partial charge in [0.05, 0.1) is 11.0 Å². The standard InChI is InChI=1S/C58H42B2N2/c1-33(2)49-41-29-31-44-52-42(50(34(3)4)54-58(44)62-48-28-14-12-22-38(48)40-24-16-26-46(56(40)62)60(54)36-19-9-6-10-20-36)30-32-43(51(41)52)57-53(49)59(35-17-7-5-8-18-35)45-25-15-23-39-37-21-11-13-27-47(37)61(57)55(39)45/h5-34H,1-4H3. The molecule has 10 aromatic carbocycles. The lowest BCUT2D eigenvalue weighted by Crippen LogP contribution is -2.57. The van der Waals surface area contributed by atoms with Crippen molar-refractivity contribution in [1.82, 2.24) is 9.13 Å². The molecule has 0 saturated carbocycles. The molecule has 2 aromatic heterocycles. The molecule has 62 heavy (non-hydrogen) atoms. The number of benzene rings is 10. The molecule has 0 unspecified atom stereocenters. The molecule has 0 bridgehead atoms. The van der Waals surface area contributed by atoms with Crippen LogP contribution in [0.1, 0.15) is 50.7 Å². The fourth-order valence-electron chi connectivity index (χ4n) is 12.8. The first-order valence-electron chi connectivity index (χ1n) is 22.5. The van der Waals surface area contributed by atoms with Crippen LogP contribution in [0.2, 0.25) is 0 Å². The summed E-state index contributed by atoms with van der Waals surface area (Å²) in [5.41, 5.74) is 19.2.